The molecule has 0 radical (unpaired) electrons. The lowest BCUT2D eigenvalue weighted by Crippen LogP contribution is -2.24. The summed E-state index contributed by atoms with van der Waals surface area (Å²) in [6.45, 7) is 0. The van der Waals surface area contributed by atoms with Gasteiger partial charge in [-0.05, 0) is 36.2 Å². The van der Waals surface area contributed by atoms with E-state index in [2.05, 4.69) is 10.3 Å². The van der Waals surface area contributed by atoms with Gasteiger partial charge in [-0.15, -0.1) is 0 Å². The van der Waals surface area contributed by atoms with E-state index >= 15 is 0 Å². The fourth-order valence-corrected chi connectivity index (χ4v) is 2.73. The Kier molecular flexibility index (Phi) is 5.04. The van der Waals surface area contributed by atoms with Gasteiger partial charge < -0.3 is 10.4 Å². The molecule has 5 heteroatoms. The molecular weight excluding hydrogens is 316 g/mol. The summed E-state index contributed by atoms with van der Waals surface area (Å²) >= 11 is 0. The number of carbonyl (C=O) groups is 2. The van der Waals surface area contributed by atoms with Crippen molar-refractivity contribution in [2.24, 2.45) is 5.92 Å². The number of carbonyl (C=O) groups excluding carboxylic acids is 1. The highest BCUT2D eigenvalue weighted by Crippen LogP contribution is 2.19. The Bertz CT molecular complexity index is 894. The number of carboxylic acid groups (broad SMARTS) is 1. The molecule has 1 aromatic heterocycles. The Hall–Kier alpha value is -3.21. The van der Waals surface area contributed by atoms with E-state index in [1.807, 2.05) is 54.6 Å². The summed E-state index contributed by atoms with van der Waals surface area (Å²) in [4.78, 5) is 28.0. The van der Waals surface area contributed by atoms with Crippen molar-refractivity contribution < 1.29 is 14.7 Å². The summed E-state index contributed by atoms with van der Waals surface area (Å²) in [7, 11) is 0. The number of aromatic nitrogens is 1. The third-order valence-corrected chi connectivity index (χ3v) is 3.99. The van der Waals surface area contributed by atoms with Crippen LogP contribution < -0.4 is 5.32 Å². The molecule has 25 heavy (non-hydrogen) atoms. The summed E-state index contributed by atoms with van der Waals surface area (Å²) in [5.41, 5.74) is 2.38. The summed E-state index contributed by atoms with van der Waals surface area (Å²) in [5.74, 6) is -2.04. The van der Waals surface area contributed by atoms with Gasteiger partial charge in [0.2, 0.25) is 5.91 Å². The molecule has 0 aliphatic carbocycles. The molecule has 1 heterocycles. The molecule has 1 atom stereocenters. The monoisotopic (exact) mass is 334 g/mol. The molecule has 126 valence electrons. The molecule has 2 N–H and O–H groups in total. The number of hydrogen-bond donors (Lipinski definition) is 2. The number of nitrogens with one attached hydrogen (secondary N) is 1. The average molecular weight is 334 g/mol. The zero-order valence-corrected chi connectivity index (χ0v) is 13.6. The minimum Gasteiger partial charge on any atom is -0.481 e. The second kappa shape index (κ2) is 7.57. The lowest BCUT2D eigenvalue weighted by atomic mass is 9.96. The minimum atomic E-state index is -0.971. The van der Waals surface area contributed by atoms with Crippen LogP contribution in [0.15, 0.2) is 66.9 Å². The number of benzene rings is 2. The Balaban J connectivity index is 1.67. The molecule has 0 spiro atoms. The first-order valence-corrected chi connectivity index (χ1v) is 8.03. The molecule has 1 unspecified atom stereocenters. The van der Waals surface area contributed by atoms with Crippen molar-refractivity contribution >= 4 is 28.5 Å². The fourth-order valence-electron chi connectivity index (χ4n) is 2.73. The number of hydrogen-bond acceptors (Lipinski definition) is 3. The second-order valence-corrected chi connectivity index (χ2v) is 5.89. The minimum absolute atomic E-state index is 0.0741. The van der Waals surface area contributed by atoms with Crippen LogP contribution >= 0.6 is 0 Å². The number of anilines is 1. The number of aliphatic carboxylic acids is 1. The fraction of sp³-hybridized carbons (Fsp3) is 0.150. The predicted molar refractivity (Wildman–Crippen MR) is 96.3 cm³/mol. The van der Waals surface area contributed by atoms with E-state index in [0.717, 1.165) is 16.5 Å². The van der Waals surface area contributed by atoms with Gasteiger partial charge in [-0.2, -0.15) is 0 Å². The Labute approximate surface area is 145 Å². The Morgan fingerprint density at radius 1 is 1.04 bits per heavy atom. The highest BCUT2D eigenvalue weighted by Gasteiger charge is 2.21. The lowest BCUT2D eigenvalue weighted by molar-refractivity contribution is -0.143. The third kappa shape index (κ3) is 4.41. The topological polar surface area (TPSA) is 79.3 Å². The normalized spacial score (nSPS) is 11.8. The molecule has 3 rings (SSSR count). The van der Waals surface area contributed by atoms with Crippen LogP contribution in [0.3, 0.4) is 0 Å². The largest absolute Gasteiger partial charge is 0.481 e. The van der Waals surface area contributed by atoms with E-state index in [-0.39, 0.29) is 12.3 Å². The van der Waals surface area contributed by atoms with Crippen molar-refractivity contribution in [1.82, 2.24) is 4.98 Å². The van der Waals surface area contributed by atoms with Gasteiger partial charge in [0, 0.05) is 23.7 Å². The highest BCUT2D eigenvalue weighted by molar-refractivity contribution is 5.95. The first kappa shape index (κ1) is 16.6. The van der Waals surface area contributed by atoms with E-state index in [0.29, 0.717) is 12.1 Å². The smallest absolute Gasteiger partial charge is 0.307 e. The molecule has 0 saturated heterocycles. The summed E-state index contributed by atoms with van der Waals surface area (Å²) in [6.07, 6.45) is 1.96. The molecule has 0 aliphatic heterocycles. The first-order chi connectivity index (χ1) is 12.1. The van der Waals surface area contributed by atoms with Crippen molar-refractivity contribution in [2.75, 3.05) is 5.32 Å². The van der Waals surface area contributed by atoms with Gasteiger partial charge in [0.15, 0.2) is 0 Å². The number of rotatable bonds is 6. The first-order valence-electron chi connectivity index (χ1n) is 8.03. The maximum Gasteiger partial charge on any atom is 0.307 e. The molecule has 0 fully saturated rings. The lowest BCUT2D eigenvalue weighted by Gasteiger charge is -2.13. The molecule has 0 aliphatic rings. The van der Waals surface area contributed by atoms with Crippen molar-refractivity contribution in [3.8, 4) is 0 Å². The van der Waals surface area contributed by atoms with Gasteiger partial charge in [-0.25, -0.2) is 0 Å². The SMILES string of the molecule is O=C(CC(Cc1ccccc1)C(=O)O)Nc1ccc2ncccc2c1. The summed E-state index contributed by atoms with van der Waals surface area (Å²) in [6, 6.07) is 18.5. The van der Waals surface area contributed by atoms with Crippen molar-refractivity contribution in [1.29, 1.82) is 0 Å². The summed E-state index contributed by atoms with van der Waals surface area (Å²) in [5, 5.41) is 13.1. The zero-order valence-electron chi connectivity index (χ0n) is 13.6. The van der Waals surface area contributed by atoms with Gasteiger partial charge >= 0.3 is 5.97 Å². The van der Waals surface area contributed by atoms with Crippen LogP contribution in [-0.4, -0.2) is 22.0 Å². The van der Waals surface area contributed by atoms with Crippen LogP contribution in [0, 0.1) is 5.92 Å². The Morgan fingerprint density at radius 2 is 1.84 bits per heavy atom. The molecule has 3 aromatic rings. The summed E-state index contributed by atoms with van der Waals surface area (Å²) < 4.78 is 0. The number of amides is 1. The highest BCUT2D eigenvalue weighted by atomic mass is 16.4. The van der Waals surface area contributed by atoms with Crippen molar-refractivity contribution in [2.45, 2.75) is 12.8 Å². The van der Waals surface area contributed by atoms with E-state index in [1.54, 1.807) is 12.3 Å². The maximum atomic E-state index is 12.3. The van der Waals surface area contributed by atoms with Gasteiger partial charge in [0.05, 0.1) is 11.4 Å². The zero-order chi connectivity index (χ0) is 17.6. The number of carboxylic acids is 1. The van der Waals surface area contributed by atoms with Crippen LogP contribution in [0.4, 0.5) is 5.69 Å². The van der Waals surface area contributed by atoms with Crippen LogP contribution in [-0.2, 0) is 16.0 Å². The number of pyridine rings is 1. The van der Waals surface area contributed by atoms with Crippen molar-refractivity contribution in [3.05, 3.63) is 72.4 Å². The third-order valence-electron chi connectivity index (χ3n) is 3.99. The molecule has 2 aromatic carbocycles. The van der Waals surface area contributed by atoms with Crippen LogP contribution in [0.2, 0.25) is 0 Å². The van der Waals surface area contributed by atoms with Gasteiger partial charge in [-0.3, -0.25) is 14.6 Å². The average Bonchev–Trinajstić information content (AvgIpc) is 2.62. The number of fused-ring (bicyclic) bond motifs is 1. The molecule has 0 bridgehead atoms. The maximum absolute atomic E-state index is 12.3. The molecule has 1 amide bonds. The van der Waals surface area contributed by atoms with Crippen LogP contribution in [0.1, 0.15) is 12.0 Å². The van der Waals surface area contributed by atoms with E-state index in [4.69, 9.17) is 0 Å². The van der Waals surface area contributed by atoms with Gasteiger partial charge in [0.25, 0.3) is 0 Å². The molecule has 0 saturated carbocycles. The standard InChI is InChI=1S/C20H18N2O3/c23-19(13-16(20(24)25)11-14-5-2-1-3-6-14)22-17-8-9-18-15(12-17)7-4-10-21-18/h1-10,12,16H,11,13H2,(H,22,23)(H,24,25). The van der Waals surface area contributed by atoms with E-state index < -0.39 is 11.9 Å². The molecular formula is C20H18N2O3. The number of nitrogens with zero attached hydrogens (tertiary/aromatic N) is 1. The second-order valence-electron chi connectivity index (χ2n) is 5.89. The van der Waals surface area contributed by atoms with E-state index in [9.17, 15) is 14.7 Å². The predicted octanol–water partition coefficient (Wildman–Crippen LogP) is 3.51. The van der Waals surface area contributed by atoms with Gasteiger partial charge in [-0.1, -0.05) is 36.4 Å². The van der Waals surface area contributed by atoms with Gasteiger partial charge in [0.1, 0.15) is 0 Å². The molecule has 5 nitrogen and oxygen atoms in total. The van der Waals surface area contributed by atoms with Crippen LogP contribution in [0.25, 0.3) is 10.9 Å². The van der Waals surface area contributed by atoms with E-state index in [1.165, 1.54) is 0 Å². The van der Waals surface area contributed by atoms with Crippen molar-refractivity contribution in [3.63, 3.8) is 0 Å². The quantitative estimate of drug-likeness (QED) is 0.723. The Morgan fingerprint density at radius 3 is 2.60 bits per heavy atom. The van der Waals surface area contributed by atoms with Crippen LogP contribution in [0.5, 0.6) is 0 Å².